The maximum atomic E-state index is 8.91. The predicted molar refractivity (Wildman–Crippen MR) is 44.3 cm³/mol. The molecule has 0 amide bonds. The van der Waals surface area contributed by atoms with E-state index in [-0.39, 0.29) is 0 Å². The minimum Gasteiger partial charge on any atom is -0.356 e. The van der Waals surface area contributed by atoms with Crippen LogP contribution in [0.2, 0.25) is 0 Å². The number of benzene rings is 1. The third-order valence-corrected chi connectivity index (χ3v) is 2.22. The molecule has 1 aliphatic rings. The molecule has 2 heteroatoms. The average molecular weight is 159 g/mol. The molecular weight excluding hydrogens is 150 g/mol. The third-order valence-electron chi connectivity index (χ3n) is 2.22. The van der Waals surface area contributed by atoms with Gasteiger partial charge in [-0.05, 0) is 5.56 Å². The van der Waals surface area contributed by atoms with Crippen molar-refractivity contribution in [2.75, 3.05) is 6.61 Å². The largest absolute Gasteiger partial charge is 0.356 e. The topological polar surface area (TPSA) is 33.0 Å². The van der Waals surface area contributed by atoms with Crippen molar-refractivity contribution in [1.82, 2.24) is 0 Å². The highest BCUT2D eigenvalue weighted by Crippen LogP contribution is 2.36. The van der Waals surface area contributed by atoms with E-state index in [0.29, 0.717) is 6.61 Å². The van der Waals surface area contributed by atoms with E-state index in [4.69, 9.17) is 10.00 Å². The minimum absolute atomic E-state index is 0.638. The summed E-state index contributed by atoms with van der Waals surface area (Å²) in [5.41, 5.74) is 0.333. The van der Waals surface area contributed by atoms with Crippen molar-refractivity contribution in [2.24, 2.45) is 0 Å². The zero-order chi connectivity index (χ0) is 8.44. The molecule has 1 aliphatic heterocycles. The molecule has 1 aromatic rings. The highest BCUT2D eigenvalue weighted by atomic mass is 16.5. The van der Waals surface area contributed by atoms with E-state index in [2.05, 4.69) is 6.07 Å². The van der Waals surface area contributed by atoms with Gasteiger partial charge in [-0.15, -0.1) is 0 Å². The van der Waals surface area contributed by atoms with Gasteiger partial charge in [-0.3, -0.25) is 0 Å². The summed E-state index contributed by atoms with van der Waals surface area (Å²) in [5, 5.41) is 8.91. The SMILES string of the molecule is N#C[C@]1(c2ccccc2)CCO1. The first-order valence-electron chi connectivity index (χ1n) is 3.98. The Bertz CT molecular complexity index is 308. The summed E-state index contributed by atoms with van der Waals surface area (Å²) in [5.74, 6) is 0. The Morgan fingerprint density at radius 1 is 1.33 bits per heavy atom. The zero-order valence-electron chi connectivity index (χ0n) is 6.66. The highest BCUT2D eigenvalue weighted by Gasteiger charge is 2.40. The number of hydrogen-bond donors (Lipinski definition) is 0. The standard InChI is InChI=1S/C10H9NO/c11-8-10(6-7-12-10)9-4-2-1-3-5-9/h1-5H,6-7H2/t10-/m0/s1. The van der Waals surface area contributed by atoms with E-state index in [0.717, 1.165) is 12.0 Å². The minimum atomic E-state index is -0.638. The molecule has 2 rings (SSSR count). The fraction of sp³-hybridized carbons (Fsp3) is 0.300. The number of nitriles is 1. The van der Waals surface area contributed by atoms with E-state index >= 15 is 0 Å². The van der Waals surface area contributed by atoms with Crippen molar-refractivity contribution in [3.63, 3.8) is 0 Å². The molecule has 0 aliphatic carbocycles. The molecule has 1 heterocycles. The molecule has 12 heavy (non-hydrogen) atoms. The number of nitrogens with zero attached hydrogens (tertiary/aromatic N) is 1. The molecule has 1 atom stereocenters. The molecule has 0 spiro atoms. The summed E-state index contributed by atoms with van der Waals surface area (Å²) < 4.78 is 5.29. The van der Waals surface area contributed by atoms with Crippen molar-refractivity contribution in [3.05, 3.63) is 35.9 Å². The molecular formula is C10H9NO. The van der Waals surface area contributed by atoms with Gasteiger partial charge >= 0.3 is 0 Å². The van der Waals surface area contributed by atoms with Crippen LogP contribution in [0.1, 0.15) is 12.0 Å². The smallest absolute Gasteiger partial charge is 0.181 e. The summed E-state index contributed by atoms with van der Waals surface area (Å²) >= 11 is 0. The van der Waals surface area contributed by atoms with Gasteiger partial charge in [0.05, 0.1) is 6.61 Å². The molecule has 0 bridgehead atoms. The van der Waals surface area contributed by atoms with Crippen molar-refractivity contribution in [3.8, 4) is 6.07 Å². The Balaban J connectivity index is 2.36. The molecule has 60 valence electrons. The molecule has 1 aromatic carbocycles. The predicted octanol–water partition coefficient (Wildman–Crippen LogP) is 1.83. The fourth-order valence-electron chi connectivity index (χ4n) is 1.39. The van der Waals surface area contributed by atoms with Crippen LogP contribution in [0.5, 0.6) is 0 Å². The monoisotopic (exact) mass is 159 g/mol. The fourth-order valence-corrected chi connectivity index (χ4v) is 1.39. The summed E-state index contributed by atoms with van der Waals surface area (Å²) in [4.78, 5) is 0. The van der Waals surface area contributed by atoms with Gasteiger partial charge in [-0.2, -0.15) is 5.26 Å². The van der Waals surface area contributed by atoms with Crippen LogP contribution in [0.3, 0.4) is 0 Å². The van der Waals surface area contributed by atoms with Crippen LogP contribution < -0.4 is 0 Å². The van der Waals surface area contributed by atoms with Gasteiger partial charge in [0.25, 0.3) is 0 Å². The number of ether oxygens (including phenoxy) is 1. The Morgan fingerprint density at radius 2 is 2.00 bits per heavy atom. The molecule has 1 saturated heterocycles. The Labute approximate surface area is 71.4 Å². The van der Waals surface area contributed by atoms with Gasteiger partial charge < -0.3 is 4.74 Å². The van der Waals surface area contributed by atoms with Gasteiger partial charge in [-0.25, -0.2) is 0 Å². The van der Waals surface area contributed by atoms with Gasteiger partial charge in [0.15, 0.2) is 5.60 Å². The first-order valence-corrected chi connectivity index (χ1v) is 3.98. The number of hydrogen-bond acceptors (Lipinski definition) is 2. The molecule has 0 radical (unpaired) electrons. The average Bonchev–Trinajstić information content (AvgIpc) is 2.05. The van der Waals surface area contributed by atoms with Crippen LogP contribution >= 0.6 is 0 Å². The first-order chi connectivity index (χ1) is 5.87. The van der Waals surface area contributed by atoms with Crippen LogP contribution in [0.25, 0.3) is 0 Å². The summed E-state index contributed by atoms with van der Waals surface area (Å²) in [6, 6.07) is 11.9. The lowest BCUT2D eigenvalue weighted by Gasteiger charge is -2.35. The summed E-state index contributed by atoms with van der Waals surface area (Å²) in [6.07, 6.45) is 0.813. The van der Waals surface area contributed by atoms with E-state index in [9.17, 15) is 0 Å². The van der Waals surface area contributed by atoms with E-state index in [1.807, 2.05) is 30.3 Å². The second-order valence-corrected chi connectivity index (χ2v) is 2.90. The van der Waals surface area contributed by atoms with Crippen molar-refractivity contribution >= 4 is 0 Å². The van der Waals surface area contributed by atoms with E-state index < -0.39 is 5.60 Å². The maximum absolute atomic E-state index is 8.91. The Kier molecular flexibility index (Phi) is 1.60. The molecule has 0 saturated carbocycles. The van der Waals surface area contributed by atoms with Gasteiger partial charge in [0.1, 0.15) is 6.07 Å². The van der Waals surface area contributed by atoms with Crippen molar-refractivity contribution in [1.29, 1.82) is 5.26 Å². The first kappa shape index (κ1) is 7.33. The van der Waals surface area contributed by atoms with Crippen molar-refractivity contribution in [2.45, 2.75) is 12.0 Å². The second kappa shape index (κ2) is 2.62. The van der Waals surface area contributed by atoms with Crippen LogP contribution in [-0.4, -0.2) is 6.61 Å². The molecule has 0 unspecified atom stereocenters. The normalized spacial score (nSPS) is 27.2. The lowest BCUT2D eigenvalue weighted by atomic mass is 9.88. The van der Waals surface area contributed by atoms with Gasteiger partial charge in [-0.1, -0.05) is 30.3 Å². The molecule has 0 aromatic heterocycles. The van der Waals surface area contributed by atoms with Gasteiger partial charge in [0, 0.05) is 6.42 Å². The highest BCUT2D eigenvalue weighted by molar-refractivity contribution is 5.30. The Morgan fingerprint density at radius 3 is 2.42 bits per heavy atom. The van der Waals surface area contributed by atoms with E-state index in [1.165, 1.54) is 0 Å². The second-order valence-electron chi connectivity index (χ2n) is 2.90. The van der Waals surface area contributed by atoms with Gasteiger partial charge in [0.2, 0.25) is 0 Å². The quantitative estimate of drug-likeness (QED) is 0.626. The van der Waals surface area contributed by atoms with E-state index in [1.54, 1.807) is 0 Å². The zero-order valence-corrected chi connectivity index (χ0v) is 6.66. The molecule has 0 N–H and O–H groups in total. The molecule has 2 nitrogen and oxygen atoms in total. The van der Waals surface area contributed by atoms with Crippen molar-refractivity contribution < 1.29 is 4.74 Å². The van der Waals surface area contributed by atoms with Crippen LogP contribution in [0.15, 0.2) is 30.3 Å². The van der Waals surface area contributed by atoms with Crippen LogP contribution in [0.4, 0.5) is 0 Å². The number of rotatable bonds is 1. The lowest BCUT2D eigenvalue weighted by Crippen LogP contribution is -2.39. The van der Waals surface area contributed by atoms with Crippen LogP contribution in [0, 0.1) is 11.3 Å². The Hall–Kier alpha value is -1.33. The molecule has 1 fully saturated rings. The van der Waals surface area contributed by atoms with Crippen LogP contribution in [-0.2, 0) is 10.3 Å². The maximum Gasteiger partial charge on any atom is 0.181 e. The lowest BCUT2D eigenvalue weighted by molar-refractivity contribution is -0.112. The summed E-state index contributed by atoms with van der Waals surface area (Å²) in [6.45, 7) is 0.697. The third kappa shape index (κ3) is 0.910. The summed E-state index contributed by atoms with van der Waals surface area (Å²) in [7, 11) is 0.